The Morgan fingerprint density at radius 3 is 2.43 bits per heavy atom. The molecule has 3 aliphatic rings. The number of hydrogen-bond acceptors (Lipinski definition) is 3. The summed E-state index contributed by atoms with van der Waals surface area (Å²) in [7, 11) is 0. The Labute approximate surface area is 287 Å². The van der Waals surface area contributed by atoms with Crippen LogP contribution in [0.1, 0.15) is 110 Å². The Bertz CT molecular complexity index is 1620. The van der Waals surface area contributed by atoms with E-state index in [0.29, 0.717) is 6.42 Å². The van der Waals surface area contributed by atoms with E-state index in [-0.39, 0.29) is 16.7 Å². The van der Waals surface area contributed by atoms with E-state index in [1.807, 2.05) is 0 Å². The fourth-order valence-electron chi connectivity index (χ4n) is 7.66. The van der Waals surface area contributed by atoms with Crippen molar-refractivity contribution in [3.8, 4) is 0 Å². The first-order valence-electron chi connectivity index (χ1n) is 17.7. The van der Waals surface area contributed by atoms with Gasteiger partial charge in [0.1, 0.15) is 6.54 Å². The number of rotatable bonds is 13. The number of carbonyl (C=O) groups excluding carboxylic acids is 1. The summed E-state index contributed by atoms with van der Waals surface area (Å²) in [4.78, 5) is 14.1. The van der Waals surface area contributed by atoms with E-state index < -0.39 is 0 Å². The number of para-hydroxylation sites is 2. The summed E-state index contributed by atoms with van der Waals surface area (Å²) < 4.78 is 2.54. The molecule has 0 radical (unpaired) electrons. The van der Waals surface area contributed by atoms with Crippen LogP contribution in [0.25, 0.3) is 0 Å². The lowest BCUT2D eigenvalue weighted by Crippen LogP contribution is -2.29. The molecule has 1 amide bonds. The quantitative estimate of drug-likeness (QED) is 0.0744. The van der Waals surface area contributed by atoms with E-state index >= 15 is 0 Å². The number of anilines is 1. The third-order valence-electron chi connectivity index (χ3n) is 10.4. The standard InChI is InChI=1S/C41H53ClN4O/c1-6-7-14-28-45-34-21-12-10-19-32(34)40(2,3)36(45)26-24-30-17-16-18-31(39(30)42)25-27-37-41(4,5)33-20-11-13-22-35(33)46(37)29-15-8-9-23-38(47)44-43/h10-13,19-22,24-27H,6-9,14-18,23,28-29,43H2,1-5H3/p+1. The number of carbonyl (C=O) groups is 1. The van der Waals surface area contributed by atoms with Crippen LogP contribution in [0.2, 0.25) is 0 Å². The van der Waals surface area contributed by atoms with Gasteiger partial charge in [0, 0.05) is 58.9 Å². The molecule has 5 nitrogen and oxygen atoms in total. The molecular formula is C41H54ClN4O+. The summed E-state index contributed by atoms with van der Waals surface area (Å²) in [5, 5.41) is 0.897. The number of amides is 1. The first kappa shape index (κ1) is 34.9. The molecule has 2 aromatic carbocycles. The van der Waals surface area contributed by atoms with Crippen LogP contribution in [0, 0.1) is 0 Å². The Morgan fingerprint density at radius 2 is 1.66 bits per heavy atom. The van der Waals surface area contributed by atoms with E-state index in [1.165, 1.54) is 64.3 Å². The monoisotopic (exact) mass is 653 g/mol. The van der Waals surface area contributed by atoms with Gasteiger partial charge in [-0.15, -0.1) is 0 Å². The van der Waals surface area contributed by atoms with E-state index in [9.17, 15) is 4.79 Å². The number of unbranched alkanes of at least 4 members (excludes halogenated alkanes) is 4. The van der Waals surface area contributed by atoms with Gasteiger partial charge in [-0.05, 0) is 81.2 Å². The summed E-state index contributed by atoms with van der Waals surface area (Å²) >= 11 is 7.22. The average Bonchev–Trinajstić information content (AvgIpc) is 3.42. The maximum absolute atomic E-state index is 11.6. The summed E-state index contributed by atoms with van der Waals surface area (Å²) in [5.41, 5.74) is 12.5. The molecule has 2 heterocycles. The molecule has 0 bridgehead atoms. The van der Waals surface area contributed by atoms with Crippen LogP contribution < -0.4 is 16.2 Å². The van der Waals surface area contributed by atoms with Gasteiger partial charge in [-0.3, -0.25) is 10.2 Å². The molecule has 5 rings (SSSR count). The Hall–Kier alpha value is -3.41. The number of allylic oxidation sites excluding steroid dienone is 8. The lowest BCUT2D eigenvalue weighted by atomic mass is 9.81. The normalized spacial score (nSPS) is 20.1. The molecule has 0 atom stereocenters. The van der Waals surface area contributed by atoms with Crippen molar-refractivity contribution >= 4 is 34.6 Å². The van der Waals surface area contributed by atoms with E-state index in [4.69, 9.17) is 17.4 Å². The zero-order chi connectivity index (χ0) is 33.6. The second-order valence-electron chi connectivity index (χ2n) is 14.3. The highest BCUT2D eigenvalue weighted by atomic mass is 35.5. The number of fused-ring (bicyclic) bond motifs is 2. The average molecular weight is 654 g/mol. The third kappa shape index (κ3) is 7.37. The number of nitrogens with two attached hydrogens (primary N) is 1. The van der Waals surface area contributed by atoms with E-state index in [2.05, 4.69) is 122 Å². The predicted molar refractivity (Wildman–Crippen MR) is 198 cm³/mol. The Kier molecular flexibility index (Phi) is 11.3. The molecule has 1 aliphatic carbocycles. The van der Waals surface area contributed by atoms with Crippen LogP contribution in [0.15, 0.2) is 94.7 Å². The first-order valence-corrected chi connectivity index (χ1v) is 18.1. The number of hydrazine groups is 1. The SMILES string of the molecule is CCCCC[N+]1=C(/C=C/C2=C(Cl)C(=C/C=C3/N(CCCCCC(=O)NN)c4ccccc4C3(C)C)/CCC2)C(C)(C)c2ccccc21. The molecule has 0 saturated carbocycles. The molecule has 0 fully saturated rings. The molecule has 0 saturated heterocycles. The molecule has 0 spiro atoms. The Morgan fingerprint density at radius 1 is 0.915 bits per heavy atom. The van der Waals surface area contributed by atoms with Gasteiger partial charge < -0.3 is 4.90 Å². The number of hydrogen-bond donors (Lipinski definition) is 2. The molecule has 2 aliphatic heterocycles. The minimum absolute atomic E-state index is 0.0621. The number of benzene rings is 2. The van der Waals surface area contributed by atoms with Gasteiger partial charge in [0.05, 0.1) is 5.41 Å². The second-order valence-corrected chi connectivity index (χ2v) is 14.7. The van der Waals surface area contributed by atoms with Crippen LogP contribution in [0.3, 0.4) is 0 Å². The summed E-state index contributed by atoms with van der Waals surface area (Å²) in [6, 6.07) is 17.6. The number of nitrogens with zero attached hydrogens (tertiary/aromatic N) is 2. The van der Waals surface area contributed by atoms with E-state index in [1.54, 1.807) is 0 Å². The van der Waals surface area contributed by atoms with Crippen LogP contribution in [0.4, 0.5) is 11.4 Å². The Balaban J connectivity index is 1.41. The minimum atomic E-state index is -0.123. The van der Waals surface area contributed by atoms with Gasteiger partial charge >= 0.3 is 0 Å². The summed E-state index contributed by atoms with van der Waals surface area (Å²) in [6.07, 6.45) is 19.2. The van der Waals surface area contributed by atoms with E-state index in [0.717, 1.165) is 56.6 Å². The maximum atomic E-state index is 11.6. The van der Waals surface area contributed by atoms with Crippen LogP contribution in [-0.2, 0) is 15.6 Å². The van der Waals surface area contributed by atoms with Crippen molar-refractivity contribution in [2.75, 3.05) is 18.0 Å². The third-order valence-corrected chi connectivity index (χ3v) is 10.9. The first-order chi connectivity index (χ1) is 22.6. The predicted octanol–water partition coefficient (Wildman–Crippen LogP) is 9.64. The zero-order valence-corrected chi connectivity index (χ0v) is 29.9. The van der Waals surface area contributed by atoms with Crippen molar-refractivity contribution in [3.63, 3.8) is 0 Å². The van der Waals surface area contributed by atoms with Gasteiger partial charge in [0.15, 0.2) is 5.71 Å². The fraction of sp³-hybridized carbons (Fsp3) is 0.463. The molecule has 3 N–H and O–H groups in total. The maximum Gasteiger partial charge on any atom is 0.233 e. The largest absolute Gasteiger partial charge is 0.344 e. The highest BCUT2D eigenvalue weighted by Gasteiger charge is 2.44. The summed E-state index contributed by atoms with van der Waals surface area (Å²) in [5.74, 6) is 5.16. The lowest BCUT2D eigenvalue weighted by Gasteiger charge is -2.27. The molecular weight excluding hydrogens is 600 g/mol. The van der Waals surface area contributed by atoms with Gasteiger partial charge in [-0.1, -0.05) is 93.8 Å². The molecule has 47 heavy (non-hydrogen) atoms. The molecule has 250 valence electrons. The molecule has 2 aromatic rings. The zero-order valence-electron chi connectivity index (χ0n) is 29.2. The summed E-state index contributed by atoms with van der Waals surface area (Å²) in [6.45, 7) is 13.6. The van der Waals surface area contributed by atoms with Crippen molar-refractivity contribution in [1.82, 2.24) is 5.43 Å². The lowest BCUT2D eigenvalue weighted by molar-refractivity contribution is -0.438. The van der Waals surface area contributed by atoms with Crippen molar-refractivity contribution < 1.29 is 9.37 Å². The molecule has 0 unspecified atom stereocenters. The van der Waals surface area contributed by atoms with Crippen LogP contribution in [-0.4, -0.2) is 29.3 Å². The second kappa shape index (κ2) is 15.2. The minimum Gasteiger partial charge on any atom is -0.344 e. The highest BCUT2D eigenvalue weighted by Crippen LogP contribution is 2.48. The number of halogens is 1. The van der Waals surface area contributed by atoms with Gasteiger partial charge in [0.2, 0.25) is 11.6 Å². The van der Waals surface area contributed by atoms with Crippen LogP contribution in [0.5, 0.6) is 0 Å². The van der Waals surface area contributed by atoms with Crippen molar-refractivity contribution in [2.45, 2.75) is 110 Å². The van der Waals surface area contributed by atoms with Crippen molar-refractivity contribution in [2.24, 2.45) is 5.84 Å². The van der Waals surface area contributed by atoms with Gasteiger partial charge in [-0.2, -0.15) is 4.58 Å². The van der Waals surface area contributed by atoms with Crippen LogP contribution >= 0.6 is 11.6 Å². The van der Waals surface area contributed by atoms with Crippen molar-refractivity contribution in [1.29, 1.82) is 0 Å². The topological polar surface area (TPSA) is 61.4 Å². The van der Waals surface area contributed by atoms with Gasteiger partial charge in [-0.25, -0.2) is 5.84 Å². The highest BCUT2D eigenvalue weighted by molar-refractivity contribution is 6.32. The number of nitrogens with one attached hydrogen (secondary N) is 1. The van der Waals surface area contributed by atoms with Crippen molar-refractivity contribution in [3.05, 3.63) is 106 Å². The molecule has 0 aromatic heterocycles. The molecule has 6 heteroatoms. The fourth-order valence-corrected chi connectivity index (χ4v) is 7.97. The smallest absolute Gasteiger partial charge is 0.233 e. The van der Waals surface area contributed by atoms with Gasteiger partial charge in [0.25, 0.3) is 0 Å².